The molecule has 1 aromatic carbocycles. The van der Waals surface area contributed by atoms with Crippen LogP contribution < -0.4 is 5.32 Å². The van der Waals surface area contributed by atoms with Crippen molar-refractivity contribution in [2.75, 3.05) is 5.32 Å². The van der Waals surface area contributed by atoms with Gasteiger partial charge in [-0.05, 0) is 25.0 Å². The Hall–Kier alpha value is -3.75. The number of fused-ring (bicyclic) bond motifs is 3. The number of anilines is 1. The lowest BCUT2D eigenvalue weighted by molar-refractivity contribution is -0.117. The highest BCUT2D eigenvalue weighted by Crippen LogP contribution is 2.54. The molecule has 1 amide bonds. The van der Waals surface area contributed by atoms with Gasteiger partial charge >= 0.3 is 0 Å². The van der Waals surface area contributed by atoms with Gasteiger partial charge in [0.15, 0.2) is 11.5 Å². The van der Waals surface area contributed by atoms with Crippen molar-refractivity contribution in [2.24, 2.45) is 0 Å². The fraction of sp³-hybridized carbons (Fsp3) is 0.190. The Balaban J connectivity index is 1.49. The van der Waals surface area contributed by atoms with Gasteiger partial charge in [0.2, 0.25) is 5.91 Å². The number of amides is 1. The zero-order valence-corrected chi connectivity index (χ0v) is 15.6. The molecular weight excluding hydrogens is 390 g/mol. The Morgan fingerprint density at radius 3 is 2.77 bits per heavy atom. The standard InChI is InChI=1S/C21H14F2N6O/c22-12-7-13-16(18-24-9-14-17(26-18)27-20(30)21(14)5-6-21)28-29(19(13)25-8-12)10-11-3-1-2-4-15(11)23/h1-4,7-9H,5-6,10H2,(H,24,26,27,30). The van der Waals surface area contributed by atoms with Gasteiger partial charge in [0.1, 0.15) is 23.1 Å². The van der Waals surface area contributed by atoms with Gasteiger partial charge in [-0.2, -0.15) is 5.10 Å². The Bertz CT molecular complexity index is 1360. The normalized spacial score (nSPS) is 16.1. The third-order valence-electron chi connectivity index (χ3n) is 5.76. The summed E-state index contributed by atoms with van der Waals surface area (Å²) in [7, 11) is 0. The maximum atomic E-state index is 14.1. The van der Waals surface area contributed by atoms with Crippen molar-refractivity contribution in [1.82, 2.24) is 24.7 Å². The number of pyridine rings is 1. The van der Waals surface area contributed by atoms with Crippen LogP contribution in [0.1, 0.15) is 24.0 Å². The molecule has 1 saturated carbocycles. The lowest BCUT2D eigenvalue weighted by Gasteiger charge is -2.04. The van der Waals surface area contributed by atoms with Crippen LogP contribution in [0.2, 0.25) is 0 Å². The monoisotopic (exact) mass is 404 g/mol. The van der Waals surface area contributed by atoms with Crippen LogP contribution >= 0.6 is 0 Å². The van der Waals surface area contributed by atoms with Gasteiger partial charge in [-0.3, -0.25) is 4.79 Å². The average molecular weight is 404 g/mol. The number of halogens is 2. The summed E-state index contributed by atoms with van der Waals surface area (Å²) >= 11 is 0. The van der Waals surface area contributed by atoms with Gasteiger partial charge < -0.3 is 5.32 Å². The minimum absolute atomic E-state index is 0.0633. The molecule has 6 rings (SSSR count). The van der Waals surface area contributed by atoms with E-state index in [0.29, 0.717) is 28.1 Å². The second-order valence-corrected chi connectivity index (χ2v) is 7.61. The van der Waals surface area contributed by atoms with Crippen molar-refractivity contribution in [3.05, 3.63) is 65.5 Å². The topological polar surface area (TPSA) is 85.6 Å². The molecule has 4 aromatic rings. The van der Waals surface area contributed by atoms with Gasteiger partial charge in [0, 0.05) is 17.3 Å². The summed E-state index contributed by atoms with van der Waals surface area (Å²) in [6, 6.07) is 7.67. The molecule has 0 unspecified atom stereocenters. The van der Waals surface area contributed by atoms with E-state index in [1.807, 2.05) is 0 Å². The number of hydrogen-bond donors (Lipinski definition) is 1. The first kappa shape index (κ1) is 17.1. The number of carbonyl (C=O) groups excluding carboxylic acids is 1. The number of aromatic nitrogens is 5. The maximum absolute atomic E-state index is 14.1. The SMILES string of the molecule is O=C1Nc2nc(-c3nn(Cc4ccccc4F)c4ncc(F)cc34)ncc2C12CC2. The number of nitrogens with zero attached hydrogens (tertiary/aromatic N) is 5. The van der Waals surface area contributed by atoms with Gasteiger partial charge in [-0.1, -0.05) is 18.2 Å². The highest BCUT2D eigenvalue weighted by Gasteiger charge is 2.57. The van der Waals surface area contributed by atoms with E-state index in [2.05, 4.69) is 25.4 Å². The van der Waals surface area contributed by atoms with Crippen LogP contribution in [0.4, 0.5) is 14.6 Å². The fourth-order valence-electron chi connectivity index (χ4n) is 4.01. The summed E-state index contributed by atoms with van der Waals surface area (Å²) < 4.78 is 29.6. The molecule has 1 aliphatic carbocycles. The van der Waals surface area contributed by atoms with Gasteiger partial charge in [-0.15, -0.1) is 0 Å². The average Bonchev–Trinajstić information content (AvgIpc) is 3.40. The maximum Gasteiger partial charge on any atom is 0.236 e. The summed E-state index contributed by atoms with van der Waals surface area (Å²) in [5.41, 5.74) is 1.44. The highest BCUT2D eigenvalue weighted by molar-refractivity contribution is 6.07. The van der Waals surface area contributed by atoms with Gasteiger partial charge in [0.25, 0.3) is 0 Å². The molecule has 1 spiro atoms. The number of benzene rings is 1. The van der Waals surface area contributed by atoms with E-state index in [4.69, 9.17) is 0 Å². The van der Waals surface area contributed by atoms with E-state index in [9.17, 15) is 13.6 Å². The molecule has 0 saturated heterocycles. The van der Waals surface area contributed by atoms with Crippen LogP contribution in [-0.2, 0) is 16.8 Å². The van der Waals surface area contributed by atoms with Crippen LogP contribution in [0.15, 0.2) is 42.7 Å². The van der Waals surface area contributed by atoms with Crippen molar-refractivity contribution in [2.45, 2.75) is 24.8 Å². The summed E-state index contributed by atoms with van der Waals surface area (Å²) in [5, 5.41) is 7.74. The number of carbonyl (C=O) groups is 1. The van der Waals surface area contributed by atoms with E-state index in [-0.39, 0.29) is 24.1 Å². The van der Waals surface area contributed by atoms with Crippen LogP contribution in [0.3, 0.4) is 0 Å². The first-order chi connectivity index (χ1) is 14.5. The van der Waals surface area contributed by atoms with E-state index in [1.54, 1.807) is 24.4 Å². The second kappa shape index (κ2) is 5.88. The lowest BCUT2D eigenvalue weighted by atomic mass is 10.0. The Labute approximate surface area is 168 Å². The van der Waals surface area contributed by atoms with Crippen LogP contribution in [-0.4, -0.2) is 30.6 Å². The van der Waals surface area contributed by atoms with Gasteiger partial charge in [0.05, 0.1) is 23.5 Å². The molecule has 9 heteroatoms. The molecule has 1 N–H and O–H groups in total. The van der Waals surface area contributed by atoms with Crippen molar-refractivity contribution in [3.63, 3.8) is 0 Å². The summed E-state index contributed by atoms with van der Waals surface area (Å²) in [4.78, 5) is 25.3. The van der Waals surface area contributed by atoms with Crippen molar-refractivity contribution in [3.8, 4) is 11.5 Å². The van der Waals surface area contributed by atoms with Crippen LogP contribution in [0.25, 0.3) is 22.6 Å². The van der Waals surface area contributed by atoms with E-state index >= 15 is 0 Å². The molecule has 0 radical (unpaired) electrons. The Morgan fingerprint density at radius 2 is 1.97 bits per heavy atom. The second-order valence-electron chi connectivity index (χ2n) is 7.61. The summed E-state index contributed by atoms with van der Waals surface area (Å²) in [6.45, 7) is 0.118. The predicted octanol–water partition coefficient (Wildman–Crippen LogP) is 3.20. The van der Waals surface area contributed by atoms with E-state index in [0.717, 1.165) is 24.6 Å². The first-order valence-corrected chi connectivity index (χ1v) is 9.50. The molecule has 1 aliphatic heterocycles. The van der Waals surface area contributed by atoms with Crippen LogP contribution in [0, 0.1) is 11.6 Å². The summed E-state index contributed by atoms with van der Waals surface area (Å²) in [6.07, 6.45) is 4.29. The quantitative estimate of drug-likeness (QED) is 0.567. The minimum Gasteiger partial charge on any atom is -0.310 e. The minimum atomic E-state index is -0.527. The van der Waals surface area contributed by atoms with Gasteiger partial charge in [-0.25, -0.2) is 28.4 Å². The molecule has 2 aliphatic rings. The third-order valence-corrected chi connectivity index (χ3v) is 5.76. The van der Waals surface area contributed by atoms with E-state index in [1.165, 1.54) is 16.8 Å². The molecule has 0 atom stereocenters. The molecule has 4 heterocycles. The highest BCUT2D eigenvalue weighted by atomic mass is 19.1. The largest absolute Gasteiger partial charge is 0.310 e. The lowest BCUT2D eigenvalue weighted by Crippen LogP contribution is -2.18. The van der Waals surface area contributed by atoms with Crippen molar-refractivity contribution >= 4 is 22.8 Å². The van der Waals surface area contributed by atoms with Crippen molar-refractivity contribution in [1.29, 1.82) is 0 Å². The fourth-order valence-corrected chi connectivity index (χ4v) is 4.01. The molecule has 7 nitrogen and oxygen atoms in total. The molecular formula is C21H14F2N6O. The predicted molar refractivity (Wildman–Crippen MR) is 104 cm³/mol. The third kappa shape index (κ3) is 2.38. The molecule has 1 fully saturated rings. The molecule has 3 aromatic heterocycles. The number of nitrogens with one attached hydrogen (secondary N) is 1. The Morgan fingerprint density at radius 1 is 1.13 bits per heavy atom. The summed E-state index contributed by atoms with van der Waals surface area (Å²) in [5.74, 6) is -0.247. The van der Waals surface area contributed by atoms with Crippen molar-refractivity contribution < 1.29 is 13.6 Å². The smallest absolute Gasteiger partial charge is 0.236 e. The number of hydrogen-bond acceptors (Lipinski definition) is 5. The Kier molecular flexibility index (Phi) is 3.36. The van der Waals surface area contributed by atoms with Crippen LogP contribution in [0.5, 0.6) is 0 Å². The molecule has 0 bridgehead atoms. The van der Waals surface area contributed by atoms with E-state index < -0.39 is 11.2 Å². The zero-order valence-electron chi connectivity index (χ0n) is 15.6. The first-order valence-electron chi connectivity index (χ1n) is 9.50. The zero-order chi connectivity index (χ0) is 20.5. The molecule has 148 valence electrons. The molecule has 30 heavy (non-hydrogen) atoms. The number of rotatable bonds is 3.